The van der Waals surface area contributed by atoms with Crippen LogP contribution < -0.4 is 0 Å². The summed E-state index contributed by atoms with van der Waals surface area (Å²) in [6, 6.07) is 6.71. The molecule has 1 aromatic rings. The van der Waals surface area contributed by atoms with Crippen LogP contribution in [0.15, 0.2) is 34.1 Å². The molecule has 0 saturated heterocycles. The van der Waals surface area contributed by atoms with Gasteiger partial charge in [0.15, 0.2) is 8.32 Å². The second kappa shape index (κ2) is 9.47. The van der Waals surface area contributed by atoms with E-state index in [9.17, 15) is 28.7 Å². The standard InChI is InChI=1S/C15H28O7P2S2Si/c1-15(2,3)27(4,5)22-10-11-25-12-6-8-13(9-7-12)26-14(23(16,17)18)24(19,20)21/h6-9,14H,10-11H2,1-5H3,(H2,16,17,18)(H2,19,20,21). The van der Waals surface area contributed by atoms with Crippen LogP contribution in [-0.2, 0) is 13.6 Å². The van der Waals surface area contributed by atoms with Gasteiger partial charge in [0.1, 0.15) is 0 Å². The molecule has 0 atom stereocenters. The van der Waals surface area contributed by atoms with Gasteiger partial charge in [-0.1, -0.05) is 32.5 Å². The van der Waals surface area contributed by atoms with E-state index in [2.05, 4.69) is 33.9 Å². The van der Waals surface area contributed by atoms with Crippen molar-refractivity contribution in [2.45, 2.75) is 53.4 Å². The Morgan fingerprint density at radius 1 is 1.00 bits per heavy atom. The van der Waals surface area contributed by atoms with Crippen LogP contribution in [0.3, 0.4) is 0 Å². The highest BCUT2D eigenvalue weighted by Crippen LogP contribution is 2.65. The molecule has 27 heavy (non-hydrogen) atoms. The summed E-state index contributed by atoms with van der Waals surface area (Å²) < 4.78 is 26.7. The van der Waals surface area contributed by atoms with Gasteiger partial charge in [0.25, 0.3) is 0 Å². The maximum atomic E-state index is 11.3. The molecule has 1 aromatic carbocycles. The monoisotopic (exact) mass is 474 g/mol. The maximum absolute atomic E-state index is 11.3. The van der Waals surface area contributed by atoms with Gasteiger partial charge in [0, 0.05) is 22.2 Å². The SMILES string of the molecule is CC(C)(C)[Si](C)(C)OCCSc1ccc(SC(P(=O)(O)O)P(=O)(O)O)cc1. The highest BCUT2D eigenvalue weighted by atomic mass is 32.2. The smallest absolute Gasteiger partial charge is 0.351 e. The summed E-state index contributed by atoms with van der Waals surface area (Å²) in [4.78, 5) is 38.0. The highest BCUT2D eigenvalue weighted by Gasteiger charge is 2.44. The van der Waals surface area contributed by atoms with Gasteiger partial charge in [-0.3, -0.25) is 9.13 Å². The zero-order valence-electron chi connectivity index (χ0n) is 16.0. The quantitative estimate of drug-likeness (QED) is 0.177. The average molecular weight is 475 g/mol. The Morgan fingerprint density at radius 2 is 1.44 bits per heavy atom. The Morgan fingerprint density at radius 3 is 1.85 bits per heavy atom. The zero-order valence-corrected chi connectivity index (χ0v) is 20.4. The number of rotatable bonds is 9. The number of hydrogen-bond acceptors (Lipinski definition) is 5. The Bertz CT molecular complexity index is 688. The van der Waals surface area contributed by atoms with E-state index in [1.165, 1.54) is 0 Å². The predicted octanol–water partition coefficient (Wildman–Crippen LogP) is 4.53. The lowest BCUT2D eigenvalue weighted by atomic mass is 10.2. The molecule has 0 amide bonds. The Labute approximate surface area is 170 Å². The van der Waals surface area contributed by atoms with E-state index in [1.54, 1.807) is 36.0 Å². The van der Waals surface area contributed by atoms with Crippen LogP contribution >= 0.6 is 38.7 Å². The normalized spacial score (nSPS) is 14.0. The molecule has 0 radical (unpaired) electrons. The summed E-state index contributed by atoms with van der Waals surface area (Å²) >= 11 is 2.08. The second-order valence-electron chi connectivity index (χ2n) is 7.55. The molecule has 7 nitrogen and oxygen atoms in total. The molecular formula is C15H28O7P2S2Si. The third-order valence-electron chi connectivity index (χ3n) is 4.26. The maximum Gasteiger partial charge on any atom is 0.351 e. The number of hydrogen-bond donors (Lipinski definition) is 4. The molecule has 0 aliphatic rings. The van der Waals surface area contributed by atoms with Gasteiger partial charge < -0.3 is 24.0 Å². The highest BCUT2D eigenvalue weighted by molar-refractivity contribution is 8.12. The Hall–Kier alpha value is 0.397. The molecule has 0 aliphatic heterocycles. The van der Waals surface area contributed by atoms with Crippen molar-refractivity contribution in [3.63, 3.8) is 0 Å². The van der Waals surface area contributed by atoms with Crippen molar-refractivity contribution in [1.82, 2.24) is 0 Å². The molecule has 0 aliphatic carbocycles. The van der Waals surface area contributed by atoms with Crippen LogP contribution in [0, 0.1) is 0 Å². The van der Waals surface area contributed by atoms with Crippen LogP contribution in [0.5, 0.6) is 0 Å². The molecular weight excluding hydrogens is 446 g/mol. The minimum absolute atomic E-state index is 0.158. The van der Waals surface area contributed by atoms with E-state index in [4.69, 9.17) is 4.43 Å². The first kappa shape index (κ1) is 25.4. The summed E-state index contributed by atoms with van der Waals surface area (Å²) in [5, 5.41) is 0.158. The molecule has 0 unspecified atom stereocenters. The lowest BCUT2D eigenvalue weighted by Crippen LogP contribution is -2.41. The summed E-state index contributed by atoms with van der Waals surface area (Å²) in [5.41, 5.74) is 0. The lowest BCUT2D eigenvalue weighted by Gasteiger charge is -2.36. The Balaban J connectivity index is 2.62. The van der Waals surface area contributed by atoms with E-state index < -0.39 is 28.2 Å². The van der Waals surface area contributed by atoms with Gasteiger partial charge in [-0.2, -0.15) is 0 Å². The number of thioether (sulfide) groups is 2. The van der Waals surface area contributed by atoms with Crippen LogP contribution in [-0.4, -0.2) is 45.0 Å². The van der Waals surface area contributed by atoms with Gasteiger partial charge in [-0.05, 0) is 42.4 Å². The molecule has 1 rings (SSSR count). The van der Waals surface area contributed by atoms with Gasteiger partial charge >= 0.3 is 15.2 Å². The fourth-order valence-electron chi connectivity index (χ4n) is 1.74. The van der Waals surface area contributed by atoms with Crippen LogP contribution in [0.1, 0.15) is 20.8 Å². The summed E-state index contributed by atoms with van der Waals surface area (Å²) in [6.45, 7) is 11.6. The van der Waals surface area contributed by atoms with E-state index in [-0.39, 0.29) is 5.04 Å². The largest absolute Gasteiger partial charge is 0.416 e. The lowest BCUT2D eigenvalue weighted by molar-refractivity contribution is 0.311. The van der Waals surface area contributed by atoms with Gasteiger partial charge in [-0.25, -0.2) is 0 Å². The van der Waals surface area contributed by atoms with Crippen LogP contribution in [0.25, 0.3) is 0 Å². The molecule has 0 heterocycles. The van der Waals surface area contributed by atoms with Gasteiger partial charge in [-0.15, -0.1) is 11.8 Å². The van der Waals surface area contributed by atoms with E-state index in [0.717, 1.165) is 10.6 Å². The Kier molecular flexibility index (Phi) is 8.92. The van der Waals surface area contributed by atoms with E-state index in [1.807, 2.05) is 0 Å². The fourth-order valence-corrected chi connectivity index (χ4v) is 7.60. The second-order valence-corrected chi connectivity index (χ2v) is 19.2. The van der Waals surface area contributed by atoms with E-state index >= 15 is 0 Å². The minimum atomic E-state index is -4.94. The van der Waals surface area contributed by atoms with Gasteiger partial charge in [0.05, 0.1) is 0 Å². The van der Waals surface area contributed by atoms with Crippen molar-refractivity contribution in [3.8, 4) is 0 Å². The third-order valence-corrected chi connectivity index (χ3v) is 15.8. The van der Waals surface area contributed by atoms with Crippen molar-refractivity contribution in [3.05, 3.63) is 24.3 Å². The minimum Gasteiger partial charge on any atom is -0.416 e. The van der Waals surface area contributed by atoms with E-state index in [0.29, 0.717) is 23.3 Å². The summed E-state index contributed by atoms with van der Waals surface area (Å²) in [6.07, 6.45) is 0. The first-order chi connectivity index (χ1) is 12.0. The van der Waals surface area contributed by atoms with Crippen molar-refractivity contribution >= 4 is 47.0 Å². The fraction of sp³-hybridized carbons (Fsp3) is 0.600. The number of benzene rings is 1. The summed E-state index contributed by atoms with van der Waals surface area (Å²) in [5.74, 6) is 0.770. The van der Waals surface area contributed by atoms with Crippen molar-refractivity contribution < 1.29 is 33.1 Å². The van der Waals surface area contributed by atoms with Crippen molar-refractivity contribution in [2.75, 3.05) is 12.4 Å². The molecule has 0 spiro atoms. The topological polar surface area (TPSA) is 124 Å². The zero-order chi connectivity index (χ0) is 21.1. The van der Waals surface area contributed by atoms with Crippen molar-refractivity contribution in [1.29, 1.82) is 0 Å². The first-order valence-corrected chi connectivity index (χ1v) is 16.3. The third kappa shape index (κ3) is 8.34. The first-order valence-electron chi connectivity index (χ1n) is 8.18. The van der Waals surface area contributed by atoms with Crippen LogP contribution in [0.4, 0.5) is 0 Å². The molecule has 0 saturated carbocycles. The molecule has 0 aromatic heterocycles. The van der Waals surface area contributed by atoms with Crippen LogP contribution in [0.2, 0.25) is 18.1 Å². The summed E-state index contributed by atoms with van der Waals surface area (Å²) in [7, 11) is -11.7. The molecule has 4 N–H and O–H groups in total. The molecule has 156 valence electrons. The molecule has 0 bridgehead atoms. The molecule has 12 heteroatoms. The van der Waals surface area contributed by atoms with Crippen molar-refractivity contribution in [2.24, 2.45) is 0 Å². The average Bonchev–Trinajstić information content (AvgIpc) is 2.47. The predicted molar refractivity (Wildman–Crippen MR) is 114 cm³/mol. The molecule has 0 fully saturated rings. The van der Waals surface area contributed by atoms with Gasteiger partial charge in [0.2, 0.25) is 4.73 Å².